The van der Waals surface area contributed by atoms with Crippen molar-refractivity contribution in [3.05, 3.63) is 0 Å². The topological polar surface area (TPSA) is 69.6 Å². The minimum Gasteiger partial charge on any atom is -0.393 e. The second kappa shape index (κ2) is 6.99. The summed E-state index contributed by atoms with van der Waals surface area (Å²) in [4.78, 5) is 24.9. The number of carbonyl (C=O) groups excluding carboxylic acids is 2. The van der Waals surface area contributed by atoms with Crippen LogP contribution in [0.3, 0.4) is 0 Å². The maximum Gasteiger partial charge on any atom is 0.245 e. The molecule has 2 atom stereocenters. The highest BCUT2D eigenvalue weighted by Crippen LogP contribution is 2.21. The summed E-state index contributed by atoms with van der Waals surface area (Å²) in [5.74, 6) is 0.268. The molecule has 0 radical (unpaired) electrons. The fraction of sp³-hybridized carbons (Fsp3) is 0.833. The van der Waals surface area contributed by atoms with Crippen LogP contribution in [-0.4, -0.2) is 52.8 Å². The minimum atomic E-state index is -0.547. The molecule has 2 N–H and O–H groups in total. The van der Waals surface area contributed by atoms with Gasteiger partial charge in [0.05, 0.1) is 6.10 Å². The van der Waals surface area contributed by atoms with Gasteiger partial charge >= 0.3 is 0 Å². The number of nitrogens with one attached hydrogen (secondary N) is 1. The summed E-state index contributed by atoms with van der Waals surface area (Å²) in [6.07, 6.45) is 1.30. The first-order chi connectivity index (χ1) is 8.45. The number of likely N-dealkylation sites (tertiary alicyclic amines) is 1. The lowest BCUT2D eigenvalue weighted by molar-refractivity contribution is -0.137. The van der Waals surface area contributed by atoms with Crippen molar-refractivity contribution in [2.75, 3.05) is 18.8 Å². The van der Waals surface area contributed by atoms with E-state index in [0.29, 0.717) is 18.8 Å². The Hall–Kier alpha value is -0.750. The predicted octanol–water partition coefficient (Wildman–Crippen LogP) is 0.0403. The summed E-state index contributed by atoms with van der Waals surface area (Å²) in [6, 6.07) is -0.547. The van der Waals surface area contributed by atoms with Crippen LogP contribution in [0.1, 0.15) is 26.7 Å². The van der Waals surface area contributed by atoms with Crippen molar-refractivity contribution in [1.29, 1.82) is 0 Å². The summed E-state index contributed by atoms with van der Waals surface area (Å²) in [6.45, 7) is 4.45. The third-order valence-electron chi connectivity index (χ3n) is 3.39. The molecule has 18 heavy (non-hydrogen) atoms. The van der Waals surface area contributed by atoms with E-state index in [2.05, 4.69) is 17.9 Å². The fourth-order valence-electron chi connectivity index (χ4n) is 2.25. The van der Waals surface area contributed by atoms with Crippen LogP contribution in [0.15, 0.2) is 0 Å². The monoisotopic (exact) mass is 274 g/mol. The Morgan fingerprint density at radius 1 is 1.44 bits per heavy atom. The molecule has 1 saturated heterocycles. The molecular formula is C12H22N2O3S. The van der Waals surface area contributed by atoms with E-state index < -0.39 is 6.04 Å². The van der Waals surface area contributed by atoms with Crippen LogP contribution in [0.4, 0.5) is 0 Å². The van der Waals surface area contributed by atoms with Gasteiger partial charge in [0.25, 0.3) is 0 Å². The first-order valence-electron chi connectivity index (χ1n) is 6.30. The van der Waals surface area contributed by atoms with Gasteiger partial charge in [-0.05, 0) is 25.7 Å². The number of piperidine rings is 1. The molecule has 0 bridgehead atoms. The molecule has 0 aliphatic carbocycles. The van der Waals surface area contributed by atoms with Gasteiger partial charge in [-0.2, -0.15) is 12.6 Å². The van der Waals surface area contributed by atoms with Gasteiger partial charge in [0.1, 0.15) is 6.04 Å². The van der Waals surface area contributed by atoms with Gasteiger partial charge in [0.2, 0.25) is 11.8 Å². The van der Waals surface area contributed by atoms with E-state index in [1.165, 1.54) is 6.92 Å². The van der Waals surface area contributed by atoms with Gasteiger partial charge in [-0.25, -0.2) is 0 Å². The number of rotatable bonds is 4. The molecule has 2 unspecified atom stereocenters. The number of hydrogen-bond acceptors (Lipinski definition) is 4. The van der Waals surface area contributed by atoms with Crippen LogP contribution < -0.4 is 5.32 Å². The van der Waals surface area contributed by atoms with Gasteiger partial charge in [-0.3, -0.25) is 9.59 Å². The molecule has 0 aromatic carbocycles. The zero-order valence-corrected chi connectivity index (χ0v) is 11.8. The first kappa shape index (κ1) is 15.3. The zero-order chi connectivity index (χ0) is 13.7. The molecule has 2 amide bonds. The van der Waals surface area contributed by atoms with Crippen molar-refractivity contribution in [1.82, 2.24) is 10.2 Å². The summed E-state index contributed by atoms with van der Waals surface area (Å²) in [5, 5.41) is 12.1. The van der Waals surface area contributed by atoms with E-state index in [-0.39, 0.29) is 23.8 Å². The highest BCUT2D eigenvalue weighted by Gasteiger charge is 2.29. The minimum absolute atomic E-state index is 0.0794. The Morgan fingerprint density at radius 3 is 2.39 bits per heavy atom. The van der Waals surface area contributed by atoms with Crippen molar-refractivity contribution in [2.24, 2.45) is 5.92 Å². The van der Waals surface area contributed by atoms with Crippen LogP contribution in [-0.2, 0) is 9.59 Å². The third-order valence-corrected chi connectivity index (χ3v) is 3.76. The van der Waals surface area contributed by atoms with Gasteiger partial charge in [0, 0.05) is 25.8 Å². The smallest absolute Gasteiger partial charge is 0.245 e. The molecule has 0 saturated carbocycles. The Morgan fingerprint density at radius 2 is 2.00 bits per heavy atom. The Balaban J connectivity index is 2.50. The van der Waals surface area contributed by atoms with Crippen LogP contribution in [0.25, 0.3) is 0 Å². The average molecular weight is 274 g/mol. The van der Waals surface area contributed by atoms with Crippen molar-refractivity contribution >= 4 is 24.4 Å². The highest BCUT2D eigenvalue weighted by molar-refractivity contribution is 7.80. The standard InChI is InChI=1S/C12H22N2O3S/c1-8(15)10-3-5-14(6-4-10)12(17)11(7-18)13-9(2)16/h8,10-11,15,18H,3-7H2,1-2H3,(H,13,16). The molecule has 6 heteroatoms. The van der Waals surface area contributed by atoms with E-state index in [0.717, 1.165) is 12.8 Å². The van der Waals surface area contributed by atoms with Crippen LogP contribution in [0.5, 0.6) is 0 Å². The second-order valence-electron chi connectivity index (χ2n) is 4.84. The second-order valence-corrected chi connectivity index (χ2v) is 5.20. The van der Waals surface area contributed by atoms with E-state index >= 15 is 0 Å². The van der Waals surface area contributed by atoms with E-state index in [4.69, 9.17) is 0 Å². The third kappa shape index (κ3) is 4.17. The Bertz CT molecular complexity index is 302. The number of hydrogen-bond donors (Lipinski definition) is 3. The quantitative estimate of drug-likeness (QED) is 0.634. The highest BCUT2D eigenvalue weighted by atomic mass is 32.1. The van der Waals surface area contributed by atoms with Crippen molar-refractivity contribution < 1.29 is 14.7 Å². The van der Waals surface area contributed by atoms with Gasteiger partial charge in [-0.15, -0.1) is 0 Å². The Kier molecular flexibility index (Phi) is 5.95. The van der Waals surface area contributed by atoms with E-state index in [1.54, 1.807) is 11.8 Å². The molecule has 0 spiro atoms. The number of thiol groups is 1. The summed E-state index contributed by atoms with van der Waals surface area (Å²) < 4.78 is 0. The summed E-state index contributed by atoms with van der Waals surface area (Å²) in [5.41, 5.74) is 0. The zero-order valence-electron chi connectivity index (χ0n) is 10.9. The lowest BCUT2D eigenvalue weighted by atomic mass is 9.92. The average Bonchev–Trinajstić information content (AvgIpc) is 2.35. The SMILES string of the molecule is CC(=O)NC(CS)C(=O)N1CCC(C(C)O)CC1. The normalized spacial score (nSPS) is 20.3. The molecule has 1 heterocycles. The van der Waals surface area contributed by atoms with Crippen LogP contribution in [0.2, 0.25) is 0 Å². The lowest BCUT2D eigenvalue weighted by Gasteiger charge is -2.35. The number of aliphatic hydroxyl groups is 1. The molecule has 104 valence electrons. The van der Waals surface area contributed by atoms with Crippen LogP contribution in [0, 0.1) is 5.92 Å². The van der Waals surface area contributed by atoms with Gasteiger partial charge in [0.15, 0.2) is 0 Å². The Labute approximate surface area is 113 Å². The molecule has 0 aromatic heterocycles. The summed E-state index contributed by atoms with van der Waals surface area (Å²) >= 11 is 4.10. The van der Waals surface area contributed by atoms with Crippen molar-refractivity contribution in [3.63, 3.8) is 0 Å². The molecule has 1 fully saturated rings. The lowest BCUT2D eigenvalue weighted by Crippen LogP contribution is -2.51. The van der Waals surface area contributed by atoms with E-state index in [9.17, 15) is 14.7 Å². The number of nitrogens with zero attached hydrogens (tertiary/aromatic N) is 1. The summed E-state index contributed by atoms with van der Waals surface area (Å²) in [7, 11) is 0. The number of amides is 2. The maximum absolute atomic E-state index is 12.1. The van der Waals surface area contributed by atoms with Crippen LogP contribution >= 0.6 is 12.6 Å². The molecule has 1 aliphatic heterocycles. The molecule has 1 rings (SSSR count). The first-order valence-corrected chi connectivity index (χ1v) is 6.93. The van der Waals surface area contributed by atoms with Gasteiger partial charge < -0.3 is 15.3 Å². The predicted molar refractivity (Wildman–Crippen MR) is 72.4 cm³/mol. The molecular weight excluding hydrogens is 252 g/mol. The largest absolute Gasteiger partial charge is 0.393 e. The number of carbonyl (C=O) groups is 2. The number of aliphatic hydroxyl groups excluding tert-OH is 1. The molecule has 1 aliphatic rings. The fourth-order valence-corrected chi connectivity index (χ4v) is 2.50. The molecule has 0 aromatic rings. The van der Waals surface area contributed by atoms with Crippen molar-refractivity contribution in [3.8, 4) is 0 Å². The molecule has 5 nitrogen and oxygen atoms in total. The van der Waals surface area contributed by atoms with Gasteiger partial charge in [-0.1, -0.05) is 0 Å². The maximum atomic E-state index is 12.1. The van der Waals surface area contributed by atoms with E-state index in [1.807, 2.05) is 0 Å². The van der Waals surface area contributed by atoms with Crippen molar-refractivity contribution in [2.45, 2.75) is 38.8 Å².